The van der Waals surface area contributed by atoms with Crippen molar-refractivity contribution in [2.24, 2.45) is 0 Å². The molecule has 1 aromatic rings. The van der Waals surface area contributed by atoms with Crippen molar-refractivity contribution in [2.45, 2.75) is 58.8 Å². The number of carbonyl (C=O) groups excluding carboxylic acids is 1. The molecule has 8 heteroatoms. The maximum Gasteiger partial charge on any atom is 0.330 e. The lowest BCUT2D eigenvalue weighted by molar-refractivity contribution is -0.116. The van der Waals surface area contributed by atoms with E-state index in [4.69, 9.17) is 5.73 Å². The number of hydrogen-bond acceptors (Lipinski definition) is 5. The fourth-order valence-electron chi connectivity index (χ4n) is 2.19. The summed E-state index contributed by atoms with van der Waals surface area (Å²) in [6, 6.07) is 0. The fourth-order valence-corrected chi connectivity index (χ4v) is 2.90. The molecule has 1 amide bonds. The molecule has 0 spiro atoms. The monoisotopic (exact) mass is 356 g/mol. The van der Waals surface area contributed by atoms with Crippen LogP contribution < -0.4 is 21.9 Å². The lowest BCUT2D eigenvalue weighted by Crippen LogP contribution is -2.42. The molecule has 7 nitrogen and oxygen atoms in total. The van der Waals surface area contributed by atoms with Crippen LogP contribution in [0.3, 0.4) is 0 Å². The van der Waals surface area contributed by atoms with E-state index in [1.165, 1.54) is 21.2 Å². The highest BCUT2D eigenvalue weighted by Gasteiger charge is 2.24. The third-order valence-corrected chi connectivity index (χ3v) is 4.72. The van der Waals surface area contributed by atoms with Gasteiger partial charge in [-0.05, 0) is 13.3 Å². The summed E-state index contributed by atoms with van der Waals surface area (Å²) in [7, 11) is 0. The van der Waals surface area contributed by atoms with Gasteiger partial charge in [-0.1, -0.05) is 34.1 Å². The SMILES string of the molecule is CCCCn1c(N)c(N(CC)C(=O)CSC(C)(C)C)c(=O)[nH]c1=O. The number of unbranched alkanes of at least 4 members (excludes halogenated alkanes) is 1. The largest absolute Gasteiger partial charge is 0.383 e. The third kappa shape index (κ3) is 5.15. The molecule has 1 rings (SSSR count). The number of thioether (sulfide) groups is 1. The van der Waals surface area contributed by atoms with Crippen LogP contribution in [0.4, 0.5) is 11.5 Å². The molecule has 24 heavy (non-hydrogen) atoms. The topological polar surface area (TPSA) is 101 Å². The van der Waals surface area contributed by atoms with E-state index in [9.17, 15) is 14.4 Å². The number of hydrogen-bond donors (Lipinski definition) is 2. The minimum absolute atomic E-state index is 0.0492. The molecule has 0 atom stereocenters. The molecule has 136 valence electrons. The molecule has 1 heterocycles. The van der Waals surface area contributed by atoms with E-state index in [0.29, 0.717) is 13.1 Å². The Labute approximate surface area is 146 Å². The van der Waals surface area contributed by atoms with E-state index >= 15 is 0 Å². The van der Waals surface area contributed by atoms with Crippen LogP contribution in [0.15, 0.2) is 9.59 Å². The molecule has 3 N–H and O–H groups in total. The molecule has 0 radical (unpaired) electrons. The Morgan fingerprint density at radius 3 is 2.42 bits per heavy atom. The average Bonchev–Trinajstić information content (AvgIpc) is 2.48. The molecule has 0 saturated carbocycles. The first-order valence-corrected chi connectivity index (χ1v) is 9.17. The summed E-state index contributed by atoms with van der Waals surface area (Å²) >= 11 is 1.50. The minimum Gasteiger partial charge on any atom is -0.383 e. The Kier molecular flexibility index (Phi) is 7.13. The number of carbonyl (C=O) groups is 1. The van der Waals surface area contributed by atoms with Crippen molar-refractivity contribution in [3.8, 4) is 0 Å². The quantitative estimate of drug-likeness (QED) is 0.776. The van der Waals surface area contributed by atoms with Gasteiger partial charge in [0.1, 0.15) is 5.82 Å². The lowest BCUT2D eigenvalue weighted by Gasteiger charge is -2.25. The van der Waals surface area contributed by atoms with Gasteiger partial charge in [0, 0.05) is 17.8 Å². The van der Waals surface area contributed by atoms with Gasteiger partial charge in [0.25, 0.3) is 5.56 Å². The van der Waals surface area contributed by atoms with Crippen molar-refractivity contribution in [3.63, 3.8) is 0 Å². The first-order valence-electron chi connectivity index (χ1n) is 8.19. The fraction of sp³-hybridized carbons (Fsp3) is 0.688. The minimum atomic E-state index is -0.624. The van der Waals surface area contributed by atoms with Crippen LogP contribution in [0, 0.1) is 0 Å². The van der Waals surface area contributed by atoms with E-state index in [0.717, 1.165) is 12.8 Å². The molecule has 0 bridgehead atoms. The highest BCUT2D eigenvalue weighted by molar-refractivity contribution is 8.01. The first-order chi connectivity index (χ1) is 11.1. The Bertz CT molecular complexity index is 688. The van der Waals surface area contributed by atoms with Crippen molar-refractivity contribution in [2.75, 3.05) is 22.9 Å². The number of aromatic amines is 1. The van der Waals surface area contributed by atoms with Crippen LogP contribution in [0.1, 0.15) is 47.5 Å². The summed E-state index contributed by atoms with van der Waals surface area (Å²) in [6.07, 6.45) is 1.65. The second-order valence-corrected chi connectivity index (χ2v) is 8.34. The molecule has 0 saturated heterocycles. The predicted octanol–water partition coefficient (Wildman–Crippen LogP) is 1.80. The summed E-state index contributed by atoms with van der Waals surface area (Å²) in [5.74, 6) is 0.0908. The van der Waals surface area contributed by atoms with Crippen molar-refractivity contribution >= 4 is 29.2 Å². The highest BCUT2D eigenvalue weighted by Crippen LogP contribution is 2.25. The van der Waals surface area contributed by atoms with E-state index in [1.54, 1.807) is 6.92 Å². The number of nitrogens with two attached hydrogens (primary N) is 1. The van der Waals surface area contributed by atoms with E-state index in [-0.39, 0.29) is 27.9 Å². The second kappa shape index (κ2) is 8.41. The zero-order valence-electron chi connectivity index (χ0n) is 15.1. The van der Waals surface area contributed by atoms with Crippen LogP contribution in [0.2, 0.25) is 0 Å². The number of H-pyrrole nitrogens is 1. The molecular weight excluding hydrogens is 328 g/mol. The van der Waals surface area contributed by atoms with Crippen molar-refractivity contribution in [1.82, 2.24) is 9.55 Å². The summed E-state index contributed by atoms with van der Waals surface area (Å²) in [5.41, 5.74) is 4.96. The summed E-state index contributed by atoms with van der Waals surface area (Å²) in [6.45, 7) is 10.6. The van der Waals surface area contributed by atoms with Gasteiger partial charge >= 0.3 is 5.69 Å². The molecular formula is C16H28N4O3S. The Hall–Kier alpha value is -1.70. The summed E-state index contributed by atoms with van der Waals surface area (Å²) in [4.78, 5) is 40.4. The van der Waals surface area contributed by atoms with Gasteiger partial charge in [-0.2, -0.15) is 0 Å². The molecule has 0 aliphatic rings. The number of amides is 1. The van der Waals surface area contributed by atoms with Gasteiger partial charge < -0.3 is 10.6 Å². The molecule has 0 aliphatic heterocycles. The lowest BCUT2D eigenvalue weighted by atomic mass is 10.3. The number of nitrogens with zero attached hydrogens (tertiary/aromatic N) is 2. The molecule has 0 unspecified atom stereocenters. The summed E-state index contributed by atoms with van der Waals surface area (Å²) in [5, 5.41) is 0. The van der Waals surface area contributed by atoms with Crippen LogP contribution in [0.25, 0.3) is 0 Å². The Balaban J connectivity index is 3.23. The third-order valence-electron chi connectivity index (χ3n) is 3.47. The number of nitrogens with one attached hydrogen (secondary N) is 1. The first kappa shape index (κ1) is 20.3. The molecule has 0 aliphatic carbocycles. The average molecular weight is 356 g/mol. The van der Waals surface area contributed by atoms with Crippen LogP contribution >= 0.6 is 11.8 Å². The van der Waals surface area contributed by atoms with Gasteiger partial charge in [0.15, 0.2) is 5.69 Å². The second-order valence-electron chi connectivity index (χ2n) is 6.54. The number of aromatic nitrogens is 2. The van der Waals surface area contributed by atoms with Crippen LogP contribution in [-0.2, 0) is 11.3 Å². The maximum atomic E-state index is 12.5. The predicted molar refractivity (Wildman–Crippen MR) is 101 cm³/mol. The van der Waals surface area contributed by atoms with Gasteiger partial charge in [0.2, 0.25) is 5.91 Å². The Morgan fingerprint density at radius 2 is 1.92 bits per heavy atom. The summed E-state index contributed by atoms with van der Waals surface area (Å²) < 4.78 is 1.26. The van der Waals surface area contributed by atoms with Crippen molar-refractivity contribution < 1.29 is 4.79 Å². The van der Waals surface area contributed by atoms with Gasteiger partial charge in [0.05, 0.1) is 5.75 Å². The van der Waals surface area contributed by atoms with Gasteiger partial charge in [-0.3, -0.25) is 19.1 Å². The Morgan fingerprint density at radius 1 is 1.29 bits per heavy atom. The molecule has 0 aromatic carbocycles. The smallest absolute Gasteiger partial charge is 0.330 e. The number of nitrogen functional groups attached to an aromatic ring is 1. The maximum absolute atomic E-state index is 12.5. The zero-order valence-corrected chi connectivity index (χ0v) is 16.0. The zero-order chi connectivity index (χ0) is 18.5. The number of anilines is 2. The van der Waals surface area contributed by atoms with Crippen molar-refractivity contribution in [1.29, 1.82) is 0 Å². The highest BCUT2D eigenvalue weighted by atomic mass is 32.2. The van der Waals surface area contributed by atoms with Crippen LogP contribution in [-0.4, -0.2) is 32.5 Å². The normalized spacial score (nSPS) is 11.5. The van der Waals surface area contributed by atoms with Crippen molar-refractivity contribution in [3.05, 3.63) is 20.8 Å². The number of rotatable bonds is 7. The molecule has 0 fully saturated rings. The van der Waals surface area contributed by atoms with Crippen LogP contribution in [0.5, 0.6) is 0 Å². The van der Waals surface area contributed by atoms with E-state index in [1.807, 2.05) is 27.7 Å². The standard InChI is InChI=1S/C16H28N4O3S/c1-6-8-9-20-13(17)12(14(22)18-15(20)23)19(7-2)11(21)10-24-16(3,4)5/h6-10,17H2,1-5H3,(H,18,22,23). The van der Waals surface area contributed by atoms with Gasteiger partial charge in [-0.15, -0.1) is 11.8 Å². The van der Waals surface area contributed by atoms with E-state index in [2.05, 4.69) is 4.98 Å². The van der Waals surface area contributed by atoms with E-state index < -0.39 is 11.2 Å². The van der Waals surface area contributed by atoms with Gasteiger partial charge in [-0.25, -0.2) is 4.79 Å². The molecule has 1 aromatic heterocycles.